The highest BCUT2D eigenvalue weighted by molar-refractivity contribution is 6.30. The van der Waals surface area contributed by atoms with Crippen LogP contribution in [0, 0.1) is 6.92 Å². The van der Waals surface area contributed by atoms with Crippen LogP contribution in [-0.2, 0) is 11.2 Å². The Balaban J connectivity index is 1.72. The zero-order valence-electron chi connectivity index (χ0n) is 15.9. The molecule has 2 amide bonds. The molecule has 0 aliphatic heterocycles. The summed E-state index contributed by atoms with van der Waals surface area (Å²) in [5.41, 5.74) is 3.53. The van der Waals surface area contributed by atoms with Crippen LogP contribution in [0.3, 0.4) is 0 Å². The van der Waals surface area contributed by atoms with Gasteiger partial charge in [0.15, 0.2) is 0 Å². The number of rotatable bonds is 5. The molecule has 0 aliphatic rings. The summed E-state index contributed by atoms with van der Waals surface area (Å²) in [7, 11) is 3.45. The molecule has 0 bridgehead atoms. The van der Waals surface area contributed by atoms with E-state index in [1.807, 2.05) is 31.2 Å². The van der Waals surface area contributed by atoms with E-state index in [2.05, 4.69) is 10.4 Å². The van der Waals surface area contributed by atoms with Crippen molar-refractivity contribution in [3.63, 3.8) is 0 Å². The summed E-state index contributed by atoms with van der Waals surface area (Å²) in [6, 6.07) is 14.5. The van der Waals surface area contributed by atoms with Crippen LogP contribution in [0.4, 0.5) is 5.69 Å². The van der Waals surface area contributed by atoms with E-state index in [0.29, 0.717) is 28.4 Å². The molecule has 144 valence electrons. The lowest BCUT2D eigenvalue weighted by Gasteiger charge is -2.11. The Kier molecular flexibility index (Phi) is 5.80. The molecule has 7 heteroatoms. The zero-order chi connectivity index (χ0) is 20.3. The average molecular weight is 397 g/mol. The van der Waals surface area contributed by atoms with Crippen LogP contribution in [0.25, 0.3) is 5.69 Å². The summed E-state index contributed by atoms with van der Waals surface area (Å²) < 4.78 is 1.68. The van der Waals surface area contributed by atoms with Crippen molar-refractivity contribution in [2.45, 2.75) is 13.3 Å². The molecule has 2 aromatic carbocycles. The third-order valence-electron chi connectivity index (χ3n) is 4.37. The van der Waals surface area contributed by atoms with Gasteiger partial charge in [-0.15, -0.1) is 0 Å². The number of halogens is 1. The number of aromatic nitrogens is 2. The van der Waals surface area contributed by atoms with Crippen molar-refractivity contribution in [1.29, 1.82) is 0 Å². The topological polar surface area (TPSA) is 67.2 Å². The van der Waals surface area contributed by atoms with Gasteiger partial charge in [-0.05, 0) is 42.8 Å². The molecule has 1 heterocycles. The standard InChI is InChI=1S/C21H21ClN4O2/c1-14-19(13-23-26(14)18-6-4-5-16(22)12-18)21(28)24-17-9-7-15(8-10-17)11-20(27)25(2)3/h4-10,12-13H,11H2,1-3H3,(H,24,28). The second-order valence-electron chi connectivity index (χ2n) is 6.65. The van der Waals surface area contributed by atoms with Crippen LogP contribution in [0.1, 0.15) is 21.6 Å². The Hall–Kier alpha value is -3.12. The van der Waals surface area contributed by atoms with Gasteiger partial charge < -0.3 is 10.2 Å². The number of carbonyl (C=O) groups is 2. The summed E-state index contributed by atoms with van der Waals surface area (Å²) in [4.78, 5) is 26.0. The lowest BCUT2D eigenvalue weighted by Crippen LogP contribution is -2.23. The van der Waals surface area contributed by atoms with Gasteiger partial charge in [0, 0.05) is 24.8 Å². The number of hydrogen-bond acceptors (Lipinski definition) is 3. The quantitative estimate of drug-likeness (QED) is 0.714. The van der Waals surface area contributed by atoms with Crippen LogP contribution in [0.2, 0.25) is 5.02 Å². The normalized spacial score (nSPS) is 10.6. The van der Waals surface area contributed by atoms with E-state index in [-0.39, 0.29) is 11.8 Å². The molecule has 0 spiro atoms. The number of nitrogens with zero attached hydrogens (tertiary/aromatic N) is 3. The molecule has 0 fully saturated rings. The van der Waals surface area contributed by atoms with Crippen LogP contribution in [0.15, 0.2) is 54.7 Å². The Morgan fingerprint density at radius 3 is 2.50 bits per heavy atom. The highest BCUT2D eigenvalue weighted by Crippen LogP contribution is 2.19. The second kappa shape index (κ2) is 8.27. The molecule has 0 atom stereocenters. The number of hydrogen-bond donors (Lipinski definition) is 1. The molecule has 0 saturated carbocycles. The average Bonchev–Trinajstić information content (AvgIpc) is 3.04. The number of anilines is 1. The van der Waals surface area contributed by atoms with E-state index in [0.717, 1.165) is 11.3 Å². The number of carbonyl (C=O) groups excluding carboxylic acids is 2. The number of likely N-dealkylation sites (N-methyl/N-ethyl adjacent to an activating group) is 1. The van der Waals surface area contributed by atoms with Crippen molar-refractivity contribution in [2.75, 3.05) is 19.4 Å². The van der Waals surface area contributed by atoms with E-state index in [1.165, 1.54) is 6.20 Å². The van der Waals surface area contributed by atoms with Gasteiger partial charge in [0.1, 0.15) is 0 Å². The number of benzene rings is 2. The predicted molar refractivity (Wildman–Crippen MR) is 110 cm³/mol. The first-order chi connectivity index (χ1) is 13.3. The van der Waals surface area contributed by atoms with Gasteiger partial charge in [0.2, 0.25) is 5.91 Å². The van der Waals surface area contributed by atoms with Crippen molar-refractivity contribution in [3.8, 4) is 5.69 Å². The minimum Gasteiger partial charge on any atom is -0.349 e. The first-order valence-electron chi connectivity index (χ1n) is 8.76. The molecule has 1 aromatic heterocycles. The van der Waals surface area contributed by atoms with Gasteiger partial charge in [-0.1, -0.05) is 29.8 Å². The van der Waals surface area contributed by atoms with Crippen molar-refractivity contribution in [3.05, 3.63) is 76.6 Å². The molecule has 1 N–H and O–H groups in total. The van der Waals surface area contributed by atoms with E-state index >= 15 is 0 Å². The first kappa shape index (κ1) is 19.6. The maximum Gasteiger partial charge on any atom is 0.259 e. The molecule has 3 rings (SSSR count). The van der Waals surface area contributed by atoms with Gasteiger partial charge in [-0.2, -0.15) is 5.10 Å². The van der Waals surface area contributed by atoms with Gasteiger partial charge in [-0.25, -0.2) is 4.68 Å². The fourth-order valence-electron chi connectivity index (χ4n) is 2.74. The maximum atomic E-state index is 12.6. The Bertz CT molecular complexity index is 1010. The highest BCUT2D eigenvalue weighted by atomic mass is 35.5. The Labute approximate surface area is 168 Å². The highest BCUT2D eigenvalue weighted by Gasteiger charge is 2.15. The van der Waals surface area contributed by atoms with Gasteiger partial charge in [0.05, 0.1) is 29.6 Å². The molecule has 0 unspecified atom stereocenters. The first-order valence-corrected chi connectivity index (χ1v) is 9.14. The Morgan fingerprint density at radius 2 is 1.86 bits per heavy atom. The number of nitrogens with one attached hydrogen (secondary N) is 1. The van der Waals surface area contributed by atoms with Gasteiger partial charge >= 0.3 is 0 Å². The van der Waals surface area contributed by atoms with Gasteiger partial charge in [-0.3, -0.25) is 9.59 Å². The molecule has 3 aromatic rings. The van der Waals surface area contributed by atoms with E-state index in [4.69, 9.17) is 11.6 Å². The molecule has 0 radical (unpaired) electrons. The summed E-state index contributed by atoms with van der Waals surface area (Å²) in [6.07, 6.45) is 1.86. The molecule has 6 nitrogen and oxygen atoms in total. The van der Waals surface area contributed by atoms with Crippen LogP contribution < -0.4 is 5.32 Å². The second-order valence-corrected chi connectivity index (χ2v) is 7.09. The Morgan fingerprint density at radius 1 is 1.14 bits per heavy atom. The molecule has 0 saturated heterocycles. The predicted octanol–water partition coefficient (Wildman–Crippen LogP) is 3.72. The fourth-order valence-corrected chi connectivity index (χ4v) is 2.92. The summed E-state index contributed by atoms with van der Waals surface area (Å²) in [5.74, 6) is -0.219. The SMILES string of the molecule is Cc1c(C(=O)Nc2ccc(CC(=O)N(C)C)cc2)cnn1-c1cccc(Cl)c1. The van der Waals surface area contributed by atoms with Gasteiger partial charge in [0.25, 0.3) is 5.91 Å². The van der Waals surface area contributed by atoms with E-state index < -0.39 is 0 Å². The molecular formula is C21H21ClN4O2. The van der Waals surface area contributed by atoms with E-state index in [1.54, 1.807) is 47.9 Å². The summed E-state index contributed by atoms with van der Waals surface area (Å²) in [6.45, 7) is 1.83. The maximum absolute atomic E-state index is 12.6. The molecule has 0 aliphatic carbocycles. The zero-order valence-corrected chi connectivity index (χ0v) is 16.7. The fraction of sp³-hybridized carbons (Fsp3) is 0.190. The lowest BCUT2D eigenvalue weighted by molar-refractivity contribution is -0.127. The summed E-state index contributed by atoms with van der Waals surface area (Å²) >= 11 is 6.04. The third kappa shape index (κ3) is 4.40. The smallest absolute Gasteiger partial charge is 0.259 e. The molecular weight excluding hydrogens is 376 g/mol. The van der Waals surface area contributed by atoms with Crippen LogP contribution in [-0.4, -0.2) is 40.6 Å². The van der Waals surface area contributed by atoms with Crippen LogP contribution in [0.5, 0.6) is 0 Å². The van der Waals surface area contributed by atoms with Crippen molar-refractivity contribution in [1.82, 2.24) is 14.7 Å². The van der Waals surface area contributed by atoms with Crippen molar-refractivity contribution < 1.29 is 9.59 Å². The monoisotopic (exact) mass is 396 g/mol. The summed E-state index contributed by atoms with van der Waals surface area (Å²) in [5, 5.41) is 7.78. The van der Waals surface area contributed by atoms with Crippen molar-refractivity contribution >= 4 is 29.1 Å². The minimum absolute atomic E-state index is 0.0286. The number of amides is 2. The van der Waals surface area contributed by atoms with E-state index in [9.17, 15) is 9.59 Å². The van der Waals surface area contributed by atoms with Crippen molar-refractivity contribution in [2.24, 2.45) is 0 Å². The minimum atomic E-state index is -0.247. The largest absolute Gasteiger partial charge is 0.349 e. The lowest BCUT2D eigenvalue weighted by atomic mass is 10.1. The molecule has 28 heavy (non-hydrogen) atoms. The van der Waals surface area contributed by atoms with Crippen LogP contribution >= 0.6 is 11.6 Å². The third-order valence-corrected chi connectivity index (χ3v) is 4.61.